The fourth-order valence-electron chi connectivity index (χ4n) is 1.91. The van der Waals surface area contributed by atoms with Crippen LogP contribution in [0.2, 0.25) is 0 Å². The maximum Gasteiger partial charge on any atom is 0.181 e. The van der Waals surface area contributed by atoms with Crippen LogP contribution in [0.15, 0.2) is 36.9 Å². The molecule has 5 heteroatoms. The second-order valence-electron chi connectivity index (χ2n) is 3.75. The Hall–Kier alpha value is -2.43. The lowest BCUT2D eigenvalue weighted by Crippen LogP contribution is -1.96. The van der Waals surface area contributed by atoms with Crippen LogP contribution in [0.4, 0.5) is 0 Å². The van der Waals surface area contributed by atoms with E-state index >= 15 is 0 Å². The van der Waals surface area contributed by atoms with Crippen molar-refractivity contribution in [2.45, 2.75) is 6.92 Å². The van der Waals surface area contributed by atoms with Gasteiger partial charge in [-0.15, -0.1) is 0 Å². The minimum absolute atomic E-state index is 0.619. The van der Waals surface area contributed by atoms with E-state index in [-0.39, 0.29) is 0 Å². The highest BCUT2D eigenvalue weighted by Gasteiger charge is 2.12. The maximum atomic E-state index is 5.62. The molecule has 0 aliphatic heterocycles. The molecule has 0 aliphatic carbocycles. The number of aromatic amines is 1. The van der Waals surface area contributed by atoms with E-state index in [9.17, 15) is 0 Å². The first-order valence-electron chi connectivity index (χ1n) is 5.76. The van der Waals surface area contributed by atoms with E-state index in [2.05, 4.69) is 19.9 Å². The molecule has 0 saturated carbocycles. The number of aromatic nitrogens is 4. The molecule has 0 amide bonds. The van der Waals surface area contributed by atoms with Gasteiger partial charge in [-0.2, -0.15) is 0 Å². The molecule has 0 radical (unpaired) electrons. The summed E-state index contributed by atoms with van der Waals surface area (Å²) in [7, 11) is 0. The molecule has 2 heterocycles. The van der Waals surface area contributed by atoms with E-state index in [1.807, 2.05) is 31.2 Å². The minimum atomic E-state index is 0.619. The number of imidazole rings is 1. The number of rotatable bonds is 3. The Morgan fingerprint density at radius 3 is 2.94 bits per heavy atom. The molecule has 1 N–H and O–H groups in total. The summed E-state index contributed by atoms with van der Waals surface area (Å²) < 4.78 is 5.62. The Morgan fingerprint density at radius 1 is 1.17 bits per heavy atom. The van der Waals surface area contributed by atoms with Crippen molar-refractivity contribution in [3.63, 3.8) is 0 Å². The third-order valence-corrected chi connectivity index (χ3v) is 2.67. The number of benzene rings is 1. The summed E-state index contributed by atoms with van der Waals surface area (Å²) in [6.07, 6.45) is 3.13. The lowest BCUT2D eigenvalue weighted by molar-refractivity contribution is 0.341. The summed E-state index contributed by atoms with van der Waals surface area (Å²) in [6, 6.07) is 7.82. The molecule has 1 aromatic carbocycles. The van der Waals surface area contributed by atoms with E-state index < -0.39 is 0 Å². The molecule has 0 aliphatic rings. The summed E-state index contributed by atoms with van der Waals surface area (Å²) in [5.74, 6) is 0.814. The molecule has 0 spiro atoms. The molecule has 3 aromatic rings. The van der Waals surface area contributed by atoms with Crippen molar-refractivity contribution in [2.24, 2.45) is 0 Å². The second kappa shape index (κ2) is 4.44. The van der Waals surface area contributed by atoms with Gasteiger partial charge >= 0.3 is 0 Å². The molecule has 90 valence electrons. The van der Waals surface area contributed by atoms with Crippen LogP contribution >= 0.6 is 0 Å². The Labute approximate surface area is 104 Å². The summed E-state index contributed by atoms with van der Waals surface area (Å²) in [5, 5.41) is 0. The molecule has 3 rings (SSSR count). The van der Waals surface area contributed by atoms with Crippen LogP contribution in [0, 0.1) is 0 Å². The number of para-hydroxylation sites is 1. The van der Waals surface area contributed by atoms with Crippen molar-refractivity contribution < 1.29 is 4.74 Å². The Balaban J connectivity index is 2.23. The van der Waals surface area contributed by atoms with Gasteiger partial charge in [0.1, 0.15) is 23.3 Å². The third kappa shape index (κ3) is 1.69. The number of hydrogen-bond acceptors (Lipinski definition) is 4. The van der Waals surface area contributed by atoms with Crippen LogP contribution in [-0.4, -0.2) is 26.5 Å². The molecule has 0 unspecified atom stereocenters. The largest absolute Gasteiger partial charge is 0.493 e. The molecule has 0 saturated heterocycles. The quantitative estimate of drug-likeness (QED) is 0.763. The van der Waals surface area contributed by atoms with Gasteiger partial charge < -0.3 is 9.72 Å². The summed E-state index contributed by atoms with van der Waals surface area (Å²) in [5.41, 5.74) is 3.23. The number of H-pyrrole nitrogens is 1. The van der Waals surface area contributed by atoms with E-state index in [0.717, 1.165) is 22.5 Å². The third-order valence-electron chi connectivity index (χ3n) is 2.67. The van der Waals surface area contributed by atoms with Gasteiger partial charge in [0.25, 0.3) is 0 Å². The van der Waals surface area contributed by atoms with Gasteiger partial charge in [0.15, 0.2) is 5.65 Å². The van der Waals surface area contributed by atoms with Crippen molar-refractivity contribution in [3.05, 3.63) is 36.9 Å². The van der Waals surface area contributed by atoms with Crippen molar-refractivity contribution in [3.8, 4) is 17.0 Å². The lowest BCUT2D eigenvalue weighted by Gasteiger charge is -2.09. The van der Waals surface area contributed by atoms with Crippen LogP contribution in [0.25, 0.3) is 22.4 Å². The Bertz CT molecular complexity index is 677. The number of hydrogen-bond donors (Lipinski definition) is 1. The first-order valence-corrected chi connectivity index (χ1v) is 5.76. The van der Waals surface area contributed by atoms with Crippen molar-refractivity contribution >= 4 is 11.2 Å². The van der Waals surface area contributed by atoms with Crippen LogP contribution in [0.5, 0.6) is 5.75 Å². The summed E-state index contributed by atoms with van der Waals surface area (Å²) in [6.45, 7) is 2.58. The minimum Gasteiger partial charge on any atom is -0.493 e. The van der Waals surface area contributed by atoms with Crippen molar-refractivity contribution in [2.75, 3.05) is 6.61 Å². The highest BCUT2D eigenvalue weighted by atomic mass is 16.5. The predicted molar refractivity (Wildman–Crippen MR) is 68.3 cm³/mol. The monoisotopic (exact) mass is 240 g/mol. The van der Waals surface area contributed by atoms with E-state index in [1.165, 1.54) is 6.33 Å². The van der Waals surface area contributed by atoms with Crippen LogP contribution in [-0.2, 0) is 0 Å². The van der Waals surface area contributed by atoms with Crippen molar-refractivity contribution in [1.29, 1.82) is 0 Å². The smallest absolute Gasteiger partial charge is 0.181 e. The normalized spacial score (nSPS) is 10.7. The molecule has 0 bridgehead atoms. The average Bonchev–Trinajstić information content (AvgIpc) is 2.88. The zero-order valence-corrected chi connectivity index (χ0v) is 9.92. The molecular weight excluding hydrogens is 228 g/mol. The van der Waals surface area contributed by atoms with Gasteiger partial charge in [-0.3, -0.25) is 0 Å². The van der Waals surface area contributed by atoms with Crippen LogP contribution in [0.3, 0.4) is 0 Å². The zero-order chi connectivity index (χ0) is 12.4. The first kappa shape index (κ1) is 10.7. The Kier molecular flexibility index (Phi) is 2.64. The van der Waals surface area contributed by atoms with Crippen LogP contribution < -0.4 is 4.74 Å². The highest BCUT2D eigenvalue weighted by Crippen LogP contribution is 2.31. The molecule has 5 nitrogen and oxygen atoms in total. The standard InChI is InChI=1S/C13H12N4O/c1-2-18-10-6-4-3-5-9(10)11-12-13(16-7-14-11)17-8-15-12/h3-8H,2H2,1H3,(H,14,15,16,17). The van der Waals surface area contributed by atoms with Gasteiger partial charge in [0.05, 0.1) is 12.9 Å². The lowest BCUT2D eigenvalue weighted by atomic mass is 10.1. The maximum absolute atomic E-state index is 5.62. The number of ether oxygens (including phenoxy) is 1. The molecule has 2 aromatic heterocycles. The average molecular weight is 240 g/mol. The van der Waals surface area contributed by atoms with Crippen molar-refractivity contribution in [1.82, 2.24) is 19.9 Å². The molecule has 0 fully saturated rings. The molecular formula is C13H12N4O. The fraction of sp³-hybridized carbons (Fsp3) is 0.154. The van der Waals surface area contributed by atoms with E-state index in [4.69, 9.17) is 4.74 Å². The van der Waals surface area contributed by atoms with E-state index in [1.54, 1.807) is 6.33 Å². The molecule has 0 atom stereocenters. The van der Waals surface area contributed by atoms with Gasteiger partial charge in [-0.25, -0.2) is 15.0 Å². The second-order valence-corrected chi connectivity index (χ2v) is 3.75. The van der Waals surface area contributed by atoms with E-state index in [0.29, 0.717) is 12.3 Å². The number of nitrogens with one attached hydrogen (secondary N) is 1. The Morgan fingerprint density at radius 2 is 2.06 bits per heavy atom. The predicted octanol–water partition coefficient (Wildman–Crippen LogP) is 2.42. The number of nitrogens with zero attached hydrogens (tertiary/aromatic N) is 3. The fourth-order valence-corrected chi connectivity index (χ4v) is 1.91. The number of fused-ring (bicyclic) bond motifs is 1. The van der Waals surface area contributed by atoms with Crippen LogP contribution in [0.1, 0.15) is 6.92 Å². The summed E-state index contributed by atoms with van der Waals surface area (Å²) >= 11 is 0. The summed E-state index contributed by atoms with van der Waals surface area (Å²) in [4.78, 5) is 15.6. The first-order chi connectivity index (χ1) is 8.90. The van der Waals surface area contributed by atoms with Gasteiger partial charge in [0.2, 0.25) is 0 Å². The SMILES string of the molecule is CCOc1ccccc1-c1ncnc2nc[nH]c12. The van der Waals surface area contributed by atoms with Gasteiger partial charge in [-0.05, 0) is 19.1 Å². The van der Waals surface area contributed by atoms with Gasteiger partial charge in [-0.1, -0.05) is 12.1 Å². The molecule has 18 heavy (non-hydrogen) atoms. The highest BCUT2D eigenvalue weighted by molar-refractivity contribution is 5.88. The zero-order valence-electron chi connectivity index (χ0n) is 9.92. The topological polar surface area (TPSA) is 63.7 Å². The van der Waals surface area contributed by atoms with Gasteiger partial charge in [0, 0.05) is 5.56 Å².